The fourth-order valence-corrected chi connectivity index (χ4v) is 2.45. The van der Waals surface area contributed by atoms with E-state index in [9.17, 15) is 14.4 Å². The third-order valence-corrected chi connectivity index (χ3v) is 3.58. The minimum absolute atomic E-state index is 0.00225. The quantitative estimate of drug-likeness (QED) is 0.814. The fraction of sp³-hybridized carbons (Fsp3) is 0.167. The molecule has 0 aromatic heterocycles. The van der Waals surface area contributed by atoms with Crippen molar-refractivity contribution in [1.29, 1.82) is 0 Å². The van der Waals surface area contributed by atoms with E-state index in [1.54, 1.807) is 6.07 Å². The number of carbonyl (C=O) groups excluding carboxylic acids is 3. The Hall–Kier alpha value is -2.95. The Kier molecular flexibility index (Phi) is 4.19. The van der Waals surface area contributed by atoms with Crippen molar-refractivity contribution in [3.05, 3.63) is 60.2 Å². The summed E-state index contributed by atoms with van der Waals surface area (Å²) in [7, 11) is 0. The first-order valence-electron chi connectivity index (χ1n) is 7.34. The molecule has 1 aliphatic heterocycles. The molecule has 2 amide bonds. The second-order valence-electron chi connectivity index (χ2n) is 5.29. The van der Waals surface area contributed by atoms with E-state index in [-0.39, 0.29) is 19.3 Å². The van der Waals surface area contributed by atoms with Gasteiger partial charge in [-0.25, -0.2) is 4.79 Å². The van der Waals surface area contributed by atoms with Gasteiger partial charge < -0.3 is 4.84 Å². The van der Waals surface area contributed by atoms with Crippen molar-refractivity contribution in [2.24, 2.45) is 0 Å². The van der Waals surface area contributed by atoms with Crippen LogP contribution in [0.5, 0.6) is 0 Å². The summed E-state index contributed by atoms with van der Waals surface area (Å²) in [6.07, 6.45) is 0.183. The SMILES string of the molecule is O=C(Cc1cccc(-c2ccccc2)c1)ON1C(=O)CCC1=O. The van der Waals surface area contributed by atoms with E-state index in [2.05, 4.69) is 0 Å². The molecule has 2 aromatic rings. The largest absolute Gasteiger partial charge is 0.337 e. The van der Waals surface area contributed by atoms with E-state index < -0.39 is 17.8 Å². The highest BCUT2D eigenvalue weighted by Gasteiger charge is 2.32. The average molecular weight is 309 g/mol. The molecule has 0 atom stereocenters. The van der Waals surface area contributed by atoms with Gasteiger partial charge >= 0.3 is 5.97 Å². The van der Waals surface area contributed by atoms with Crippen LogP contribution in [0.25, 0.3) is 11.1 Å². The smallest absolute Gasteiger partial charge is 0.330 e. The number of rotatable bonds is 4. The maximum atomic E-state index is 11.9. The van der Waals surface area contributed by atoms with Crippen molar-refractivity contribution in [2.45, 2.75) is 19.3 Å². The molecule has 1 saturated heterocycles. The zero-order valence-corrected chi connectivity index (χ0v) is 12.4. The number of carbonyl (C=O) groups is 3. The number of imide groups is 1. The topological polar surface area (TPSA) is 63.7 Å². The summed E-state index contributed by atoms with van der Waals surface area (Å²) in [5.41, 5.74) is 2.80. The van der Waals surface area contributed by atoms with Gasteiger partial charge in [-0.1, -0.05) is 54.6 Å². The van der Waals surface area contributed by atoms with E-state index in [0.29, 0.717) is 5.06 Å². The van der Waals surface area contributed by atoms with Crippen LogP contribution in [-0.2, 0) is 25.6 Å². The molecule has 116 valence electrons. The van der Waals surface area contributed by atoms with Crippen LogP contribution < -0.4 is 0 Å². The van der Waals surface area contributed by atoms with Gasteiger partial charge in [-0.2, -0.15) is 0 Å². The Morgan fingerprint density at radius 1 is 0.913 bits per heavy atom. The number of hydrogen-bond donors (Lipinski definition) is 0. The van der Waals surface area contributed by atoms with Crippen molar-refractivity contribution in [1.82, 2.24) is 5.06 Å². The molecule has 23 heavy (non-hydrogen) atoms. The standard InChI is InChI=1S/C18H15NO4/c20-16-9-10-17(21)19(16)23-18(22)12-13-5-4-8-15(11-13)14-6-2-1-3-7-14/h1-8,11H,9-10,12H2. The molecule has 0 unspecified atom stereocenters. The summed E-state index contributed by atoms with van der Waals surface area (Å²) in [4.78, 5) is 39.7. The molecule has 2 aromatic carbocycles. The van der Waals surface area contributed by atoms with Gasteiger partial charge in [0.25, 0.3) is 11.8 Å². The highest BCUT2D eigenvalue weighted by atomic mass is 16.7. The first-order valence-corrected chi connectivity index (χ1v) is 7.34. The molecule has 0 aliphatic carbocycles. The Morgan fingerprint density at radius 2 is 1.57 bits per heavy atom. The van der Waals surface area contributed by atoms with Crippen LogP contribution in [0, 0.1) is 0 Å². The van der Waals surface area contributed by atoms with E-state index in [1.165, 1.54) is 0 Å². The first kappa shape index (κ1) is 15.0. The van der Waals surface area contributed by atoms with Crippen molar-refractivity contribution in [2.75, 3.05) is 0 Å². The lowest BCUT2D eigenvalue weighted by molar-refractivity contribution is -0.197. The molecule has 1 aliphatic rings. The van der Waals surface area contributed by atoms with Crippen LogP contribution in [0.1, 0.15) is 18.4 Å². The van der Waals surface area contributed by atoms with Gasteiger partial charge in [-0.15, -0.1) is 5.06 Å². The van der Waals surface area contributed by atoms with E-state index in [0.717, 1.165) is 16.7 Å². The number of hydrogen-bond acceptors (Lipinski definition) is 4. The molecule has 0 saturated carbocycles. The number of hydroxylamine groups is 2. The summed E-state index contributed by atoms with van der Waals surface area (Å²) in [6, 6.07) is 17.3. The van der Waals surface area contributed by atoms with Crippen LogP contribution in [0.15, 0.2) is 54.6 Å². The zero-order valence-electron chi connectivity index (χ0n) is 12.4. The third-order valence-electron chi connectivity index (χ3n) is 3.58. The summed E-state index contributed by atoms with van der Waals surface area (Å²) < 4.78 is 0. The predicted molar refractivity (Wildman–Crippen MR) is 82.8 cm³/mol. The number of benzene rings is 2. The minimum Gasteiger partial charge on any atom is -0.330 e. The molecule has 5 heteroatoms. The van der Waals surface area contributed by atoms with Crippen molar-refractivity contribution in [3.8, 4) is 11.1 Å². The lowest BCUT2D eigenvalue weighted by Crippen LogP contribution is -2.32. The van der Waals surface area contributed by atoms with Crippen LogP contribution in [-0.4, -0.2) is 22.8 Å². The van der Waals surface area contributed by atoms with Crippen LogP contribution in [0.2, 0.25) is 0 Å². The summed E-state index contributed by atoms with van der Waals surface area (Å²) in [6.45, 7) is 0. The molecule has 0 bridgehead atoms. The molecular formula is C18H15NO4. The molecule has 1 heterocycles. The van der Waals surface area contributed by atoms with E-state index in [1.807, 2.05) is 48.5 Å². The molecule has 1 fully saturated rings. The average Bonchev–Trinajstić information content (AvgIpc) is 2.88. The lowest BCUT2D eigenvalue weighted by Gasteiger charge is -2.12. The van der Waals surface area contributed by atoms with Crippen LogP contribution in [0.4, 0.5) is 0 Å². The van der Waals surface area contributed by atoms with Gasteiger partial charge in [0.2, 0.25) is 0 Å². The Balaban J connectivity index is 1.69. The maximum Gasteiger partial charge on any atom is 0.337 e. The van der Waals surface area contributed by atoms with E-state index in [4.69, 9.17) is 4.84 Å². The van der Waals surface area contributed by atoms with Gasteiger partial charge in [0, 0.05) is 12.8 Å². The maximum absolute atomic E-state index is 11.9. The molecule has 3 rings (SSSR count). The molecular weight excluding hydrogens is 294 g/mol. The van der Waals surface area contributed by atoms with E-state index >= 15 is 0 Å². The normalized spacial score (nSPS) is 14.2. The summed E-state index contributed by atoms with van der Waals surface area (Å²) >= 11 is 0. The highest BCUT2D eigenvalue weighted by Crippen LogP contribution is 2.20. The fourth-order valence-electron chi connectivity index (χ4n) is 2.45. The summed E-state index contributed by atoms with van der Waals surface area (Å²) in [5, 5.41) is 0.573. The lowest BCUT2D eigenvalue weighted by atomic mass is 10.0. The molecule has 0 radical (unpaired) electrons. The Bertz CT molecular complexity index is 739. The van der Waals surface area contributed by atoms with Gasteiger partial charge in [-0.05, 0) is 16.7 Å². The number of nitrogens with zero attached hydrogens (tertiary/aromatic N) is 1. The third kappa shape index (κ3) is 3.45. The van der Waals surface area contributed by atoms with Crippen LogP contribution >= 0.6 is 0 Å². The van der Waals surface area contributed by atoms with Crippen molar-refractivity contribution >= 4 is 17.8 Å². The molecule has 5 nitrogen and oxygen atoms in total. The number of amides is 2. The monoisotopic (exact) mass is 309 g/mol. The highest BCUT2D eigenvalue weighted by molar-refractivity contribution is 6.01. The van der Waals surface area contributed by atoms with Gasteiger partial charge in [0.1, 0.15) is 0 Å². The predicted octanol–water partition coefficient (Wildman–Crippen LogP) is 2.50. The molecule has 0 N–H and O–H groups in total. The van der Waals surface area contributed by atoms with Crippen LogP contribution in [0.3, 0.4) is 0 Å². The second kappa shape index (κ2) is 6.44. The zero-order chi connectivity index (χ0) is 16.2. The summed E-state index contributed by atoms with van der Waals surface area (Å²) in [5.74, 6) is -1.57. The second-order valence-corrected chi connectivity index (χ2v) is 5.29. The van der Waals surface area contributed by atoms with Gasteiger partial charge in [0.05, 0.1) is 6.42 Å². The minimum atomic E-state index is -0.626. The van der Waals surface area contributed by atoms with Crippen molar-refractivity contribution in [3.63, 3.8) is 0 Å². The Morgan fingerprint density at radius 3 is 2.26 bits per heavy atom. The van der Waals surface area contributed by atoms with Crippen molar-refractivity contribution < 1.29 is 19.2 Å². The first-order chi connectivity index (χ1) is 11.1. The Labute approximate surface area is 133 Å². The van der Waals surface area contributed by atoms with Gasteiger partial charge in [-0.3, -0.25) is 9.59 Å². The van der Waals surface area contributed by atoms with Gasteiger partial charge in [0.15, 0.2) is 0 Å². The molecule has 0 spiro atoms.